The average molecular weight is 220 g/mol. The molecular formula is C12H12O4. The molecule has 1 N–H and O–H groups in total. The Morgan fingerprint density at radius 3 is 3.06 bits per heavy atom. The first-order valence-corrected chi connectivity index (χ1v) is 5.33. The maximum atomic E-state index is 11.7. The first-order valence-electron chi connectivity index (χ1n) is 5.33. The minimum atomic E-state index is -0.771. The predicted molar refractivity (Wildman–Crippen MR) is 55.3 cm³/mol. The standard InChI is InChI=1S/C12H12O4/c1-6-15-10-4-2-3-7-8(13)5-9(14)12(16-6)11(7)10/h2-4,6,9,12,14H,5H2,1H3/t6-,9-,12+/m1/s1. The number of benzene rings is 1. The normalized spacial score (nSPS) is 31.9. The second-order valence-corrected chi connectivity index (χ2v) is 4.15. The molecule has 0 saturated heterocycles. The van der Waals surface area contributed by atoms with Crippen LogP contribution < -0.4 is 4.74 Å². The highest BCUT2D eigenvalue weighted by Crippen LogP contribution is 2.42. The van der Waals surface area contributed by atoms with Crippen LogP contribution in [-0.2, 0) is 4.74 Å². The molecule has 0 fully saturated rings. The van der Waals surface area contributed by atoms with E-state index in [1.54, 1.807) is 25.1 Å². The highest BCUT2D eigenvalue weighted by atomic mass is 16.7. The summed E-state index contributed by atoms with van der Waals surface area (Å²) in [5.74, 6) is 0.593. The summed E-state index contributed by atoms with van der Waals surface area (Å²) < 4.78 is 11.0. The summed E-state index contributed by atoms with van der Waals surface area (Å²) in [6.45, 7) is 1.78. The molecule has 4 heteroatoms. The molecule has 84 valence electrons. The number of aliphatic hydroxyl groups is 1. The van der Waals surface area contributed by atoms with Crippen molar-refractivity contribution in [2.45, 2.75) is 31.8 Å². The van der Waals surface area contributed by atoms with Crippen molar-refractivity contribution < 1.29 is 19.4 Å². The number of carbonyl (C=O) groups is 1. The Hall–Kier alpha value is -1.39. The Balaban J connectivity index is 2.20. The Morgan fingerprint density at radius 2 is 2.25 bits per heavy atom. The molecule has 1 aromatic rings. The largest absolute Gasteiger partial charge is 0.465 e. The van der Waals surface area contributed by atoms with E-state index in [9.17, 15) is 9.90 Å². The zero-order chi connectivity index (χ0) is 11.3. The van der Waals surface area contributed by atoms with E-state index in [1.165, 1.54) is 0 Å². The Bertz CT molecular complexity index is 454. The third kappa shape index (κ3) is 1.27. The molecule has 1 aromatic carbocycles. The molecule has 0 spiro atoms. The third-order valence-corrected chi connectivity index (χ3v) is 3.03. The summed E-state index contributed by atoms with van der Waals surface area (Å²) in [4.78, 5) is 11.7. The van der Waals surface area contributed by atoms with Crippen LogP contribution in [0, 0.1) is 0 Å². The van der Waals surface area contributed by atoms with Gasteiger partial charge < -0.3 is 14.6 Å². The second-order valence-electron chi connectivity index (χ2n) is 4.15. The predicted octanol–water partition coefficient (Wildman–Crippen LogP) is 1.43. The van der Waals surface area contributed by atoms with Crippen molar-refractivity contribution in [1.29, 1.82) is 0 Å². The average Bonchev–Trinajstić information content (AvgIpc) is 2.25. The van der Waals surface area contributed by atoms with Crippen LogP contribution in [0.15, 0.2) is 18.2 Å². The van der Waals surface area contributed by atoms with Crippen molar-refractivity contribution in [2.24, 2.45) is 0 Å². The molecule has 16 heavy (non-hydrogen) atoms. The second kappa shape index (κ2) is 3.30. The van der Waals surface area contributed by atoms with Gasteiger partial charge in [-0.15, -0.1) is 0 Å². The summed E-state index contributed by atoms with van der Waals surface area (Å²) >= 11 is 0. The van der Waals surface area contributed by atoms with Gasteiger partial charge in [-0.1, -0.05) is 12.1 Å². The van der Waals surface area contributed by atoms with Crippen LogP contribution in [0.4, 0.5) is 0 Å². The molecule has 0 bridgehead atoms. The van der Waals surface area contributed by atoms with Gasteiger partial charge in [0.2, 0.25) is 0 Å². The maximum absolute atomic E-state index is 11.7. The number of Topliss-reactive ketones (excluding diaryl/α,β-unsaturated/α-hetero) is 1. The molecule has 0 amide bonds. The number of rotatable bonds is 0. The molecule has 4 nitrogen and oxygen atoms in total. The zero-order valence-corrected chi connectivity index (χ0v) is 8.84. The third-order valence-electron chi connectivity index (χ3n) is 3.03. The van der Waals surface area contributed by atoms with Crippen molar-refractivity contribution in [3.05, 3.63) is 29.3 Å². The van der Waals surface area contributed by atoms with Gasteiger partial charge in [0.1, 0.15) is 11.9 Å². The molecule has 3 rings (SSSR count). The van der Waals surface area contributed by atoms with Gasteiger partial charge in [-0.25, -0.2) is 0 Å². The van der Waals surface area contributed by atoms with Crippen molar-refractivity contribution in [3.63, 3.8) is 0 Å². The lowest BCUT2D eigenvalue weighted by Gasteiger charge is -2.37. The van der Waals surface area contributed by atoms with E-state index in [0.717, 1.165) is 0 Å². The number of aliphatic hydroxyl groups excluding tert-OH is 1. The first-order chi connectivity index (χ1) is 7.66. The van der Waals surface area contributed by atoms with Gasteiger partial charge in [-0.3, -0.25) is 4.79 Å². The minimum Gasteiger partial charge on any atom is -0.465 e. The summed E-state index contributed by atoms with van der Waals surface area (Å²) in [5.41, 5.74) is 1.31. The molecule has 0 saturated carbocycles. The van der Waals surface area contributed by atoms with Crippen molar-refractivity contribution >= 4 is 5.78 Å². The lowest BCUT2D eigenvalue weighted by atomic mass is 9.85. The fourth-order valence-corrected chi connectivity index (χ4v) is 2.35. The van der Waals surface area contributed by atoms with Crippen LogP contribution in [-0.4, -0.2) is 23.3 Å². The van der Waals surface area contributed by atoms with E-state index in [1.807, 2.05) is 0 Å². The monoisotopic (exact) mass is 220 g/mol. The molecule has 0 aromatic heterocycles. The molecule has 1 aliphatic heterocycles. The number of ether oxygens (including phenoxy) is 2. The van der Waals surface area contributed by atoms with E-state index < -0.39 is 18.5 Å². The van der Waals surface area contributed by atoms with Gasteiger partial charge in [0.15, 0.2) is 12.1 Å². The summed E-state index contributed by atoms with van der Waals surface area (Å²) in [6.07, 6.45) is -1.48. The summed E-state index contributed by atoms with van der Waals surface area (Å²) in [6, 6.07) is 5.35. The van der Waals surface area contributed by atoms with Crippen LogP contribution >= 0.6 is 0 Å². The quantitative estimate of drug-likeness (QED) is 0.718. The smallest absolute Gasteiger partial charge is 0.197 e. The highest BCUT2D eigenvalue weighted by Gasteiger charge is 2.40. The fraction of sp³-hybridized carbons (Fsp3) is 0.417. The van der Waals surface area contributed by atoms with Gasteiger partial charge in [0.25, 0.3) is 0 Å². The maximum Gasteiger partial charge on any atom is 0.197 e. The lowest BCUT2D eigenvalue weighted by molar-refractivity contribution is -0.164. The number of hydrogen-bond donors (Lipinski definition) is 1. The van der Waals surface area contributed by atoms with E-state index in [0.29, 0.717) is 16.9 Å². The lowest BCUT2D eigenvalue weighted by Crippen LogP contribution is -2.38. The van der Waals surface area contributed by atoms with Gasteiger partial charge in [-0.2, -0.15) is 0 Å². The van der Waals surface area contributed by atoms with Gasteiger partial charge in [-0.05, 0) is 13.0 Å². The number of carbonyl (C=O) groups excluding carboxylic acids is 1. The van der Waals surface area contributed by atoms with Crippen molar-refractivity contribution in [2.75, 3.05) is 0 Å². The van der Waals surface area contributed by atoms with E-state index >= 15 is 0 Å². The fourth-order valence-electron chi connectivity index (χ4n) is 2.35. The van der Waals surface area contributed by atoms with Crippen LogP contribution in [0.1, 0.15) is 35.4 Å². The number of hydrogen-bond acceptors (Lipinski definition) is 4. The van der Waals surface area contributed by atoms with Crippen LogP contribution in [0.5, 0.6) is 5.75 Å². The van der Waals surface area contributed by atoms with Crippen LogP contribution in [0.3, 0.4) is 0 Å². The van der Waals surface area contributed by atoms with E-state index in [4.69, 9.17) is 9.47 Å². The van der Waals surface area contributed by atoms with Gasteiger partial charge >= 0.3 is 0 Å². The SMILES string of the molecule is C[C@@H]1Oc2cccc3c2[C@@H](O1)[C@H](O)CC3=O. The Morgan fingerprint density at radius 1 is 1.44 bits per heavy atom. The minimum absolute atomic E-state index is 0.0534. The van der Waals surface area contributed by atoms with Gasteiger partial charge in [0.05, 0.1) is 6.10 Å². The molecule has 0 unspecified atom stereocenters. The molecule has 0 radical (unpaired) electrons. The molecule has 2 aliphatic rings. The van der Waals surface area contributed by atoms with Crippen LogP contribution in [0.2, 0.25) is 0 Å². The van der Waals surface area contributed by atoms with Crippen molar-refractivity contribution in [3.8, 4) is 5.75 Å². The van der Waals surface area contributed by atoms with Crippen molar-refractivity contribution in [1.82, 2.24) is 0 Å². The highest BCUT2D eigenvalue weighted by molar-refractivity contribution is 5.99. The van der Waals surface area contributed by atoms with Gasteiger partial charge in [0, 0.05) is 17.5 Å². The molecule has 1 aliphatic carbocycles. The molecule has 1 heterocycles. The van der Waals surface area contributed by atoms with E-state index in [-0.39, 0.29) is 12.2 Å². The molecule has 3 atom stereocenters. The van der Waals surface area contributed by atoms with Crippen LogP contribution in [0.25, 0.3) is 0 Å². The van der Waals surface area contributed by atoms with E-state index in [2.05, 4.69) is 0 Å². The topological polar surface area (TPSA) is 55.8 Å². The summed E-state index contributed by atoms with van der Waals surface area (Å²) in [7, 11) is 0. The summed E-state index contributed by atoms with van der Waals surface area (Å²) in [5, 5.41) is 9.86. The Labute approximate surface area is 92.8 Å². The number of ketones is 1. The molecular weight excluding hydrogens is 208 g/mol. The first kappa shape index (κ1) is 9.81. The zero-order valence-electron chi connectivity index (χ0n) is 8.84. The Kier molecular flexibility index (Phi) is 2.02.